The van der Waals surface area contributed by atoms with E-state index in [-0.39, 0.29) is 0 Å². The number of ether oxygens (including phenoxy) is 2. The van der Waals surface area contributed by atoms with Crippen molar-refractivity contribution >= 4 is 5.96 Å². The molecule has 1 fully saturated rings. The van der Waals surface area contributed by atoms with Gasteiger partial charge in [0, 0.05) is 39.8 Å². The third-order valence-corrected chi connectivity index (χ3v) is 5.93. The highest BCUT2D eigenvalue weighted by Gasteiger charge is 2.36. The number of aliphatic imine (C=N–C) groups is 1. The lowest BCUT2D eigenvalue weighted by Crippen LogP contribution is -2.41. The number of nitrogens with one attached hydrogen (secondary N) is 2. The van der Waals surface area contributed by atoms with E-state index in [1.54, 1.807) is 20.5 Å². The van der Waals surface area contributed by atoms with Crippen LogP contribution in [0.3, 0.4) is 0 Å². The lowest BCUT2D eigenvalue weighted by molar-refractivity contribution is 0.0778. The van der Waals surface area contributed by atoms with Gasteiger partial charge in [0.15, 0.2) is 5.96 Å². The number of nitrogens with zero attached hydrogens (tertiary/aromatic N) is 1. The zero-order valence-electron chi connectivity index (χ0n) is 18.3. The van der Waals surface area contributed by atoms with Crippen molar-refractivity contribution in [1.29, 1.82) is 0 Å². The number of furan rings is 1. The van der Waals surface area contributed by atoms with Crippen molar-refractivity contribution in [3.8, 4) is 5.75 Å². The monoisotopic (exact) mass is 413 g/mol. The molecule has 0 spiro atoms. The first kappa shape index (κ1) is 22.2. The van der Waals surface area contributed by atoms with Crippen LogP contribution in [0.15, 0.2) is 52.1 Å². The Morgan fingerprint density at radius 1 is 1.07 bits per heavy atom. The molecule has 1 heterocycles. The largest absolute Gasteiger partial charge is 0.497 e. The summed E-state index contributed by atoms with van der Waals surface area (Å²) in [7, 11) is 3.47. The molecule has 0 radical (unpaired) electrons. The van der Waals surface area contributed by atoms with Crippen LogP contribution in [0, 0.1) is 5.41 Å². The summed E-state index contributed by atoms with van der Waals surface area (Å²) in [4.78, 5) is 4.94. The van der Waals surface area contributed by atoms with Crippen molar-refractivity contribution in [2.24, 2.45) is 10.4 Å². The maximum atomic E-state index is 5.43. The zero-order valence-corrected chi connectivity index (χ0v) is 18.3. The SMILES string of the molecule is COCCC1(CN=C(NCCc2ccc(OC)cc2)NCCc2ccco2)CCC1. The summed E-state index contributed by atoms with van der Waals surface area (Å²) < 4.78 is 16.0. The van der Waals surface area contributed by atoms with E-state index in [9.17, 15) is 0 Å². The fourth-order valence-corrected chi connectivity index (χ4v) is 3.78. The molecular formula is C24H35N3O3. The van der Waals surface area contributed by atoms with Gasteiger partial charge in [-0.3, -0.25) is 4.99 Å². The van der Waals surface area contributed by atoms with E-state index in [1.165, 1.54) is 24.8 Å². The van der Waals surface area contributed by atoms with E-state index in [0.29, 0.717) is 5.41 Å². The van der Waals surface area contributed by atoms with Gasteiger partial charge in [-0.05, 0) is 60.9 Å². The van der Waals surface area contributed by atoms with Crippen LogP contribution in [0.5, 0.6) is 5.75 Å². The van der Waals surface area contributed by atoms with Gasteiger partial charge in [-0.25, -0.2) is 0 Å². The van der Waals surface area contributed by atoms with E-state index in [1.807, 2.05) is 24.3 Å². The van der Waals surface area contributed by atoms with Gasteiger partial charge in [0.1, 0.15) is 11.5 Å². The van der Waals surface area contributed by atoms with Gasteiger partial charge in [-0.2, -0.15) is 0 Å². The average Bonchev–Trinajstić information content (AvgIpc) is 3.26. The normalized spacial score (nSPS) is 15.5. The van der Waals surface area contributed by atoms with Gasteiger partial charge in [0.25, 0.3) is 0 Å². The average molecular weight is 414 g/mol. The Bertz CT molecular complexity index is 753. The van der Waals surface area contributed by atoms with Crippen LogP contribution in [0.4, 0.5) is 0 Å². The quantitative estimate of drug-likeness (QED) is 0.409. The van der Waals surface area contributed by atoms with E-state index >= 15 is 0 Å². The fraction of sp³-hybridized carbons (Fsp3) is 0.542. The van der Waals surface area contributed by atoms with Crippen LogP contribution in [-0.2, 0) is 17.6 Å². The minimum atomic E-state index is 0.307. The first-order chi connectivity index (χ1) is 14.7. The Morgan fingerprint density at radius 3 is 2.43 bits per heavy atom. The number of methoxy groups -OCH3 is 2. The van der Waals surface area contributed by atoms with Crippen LogP contribution in [0.1, 0.15) is 37.0 Å². The van der Waals surface area contributed by atoms with E-state index in [4.69, 9.17) is 18.9 Å². The Morgan fingerprint density at radius 2 is 1.83 bits per heavy atom. The van der Waals surface area contributed by atoms with Crippen LogP contribution in [-0.4, -0.2) is 46.4 Å². The molecule has 1 saturated carbocycles. The predicted octanol–water partition coefficient (Wildman–Crippen LogP) is 3.82. The molecule has 1 aromatic heterocycles. The smallest absolute Gasteiger partial charge is 0.191 e. The summed E-state index contributed by atoms with van der Waals surface area (Å²) in [6, 6.07) is 12.1. The Balaban J connectivity index is 1.53. The van der Waals surface area contributed by atoms with Crippen LogP contribution < -0.4 is 15.4 Å². The number of benzene rings is 1. The molecule has 0 aliphatic heterocycles. The Kier molecular flexibility index (Phi) is 8.63. The first-order valence-corrected chi connectivity index (χ1v) is 10.9. The van der Waals surface area contributed by atoms with Gasteiger partial charge in [-0.1, -0.05) is 18.6 Å². The highest BCUT2D eigenvalue weighted by atomic mass is 16.5. The maximum absolute atomic E-state index is 5.43. The standard InChI is InChI=1S/C24H35N3O3/c1-28-18-14-24(12-4-13-24)19-27-23(26-16-11-22-5-3-17-30-22)25-15-10-20-6-8-21(29-2)9-7-20/h3,5-9,17H,4,10-16,18-19H2,1-2H3,(H2,25,26,27). The lowest BCUT2D eigenvalue weighted by atomic mass is 9.67. The summed E-state index contributed by atoms with van der Waals surface area (Å²) in [5, 5.41) is 6.97. The first-order valence-electron chi connectivity index (χ1n) is 10.9. The molecule has 164 valence electrons. The highest BCUT2D eigenvalue weighted by molar-refractivity contribution is 5.79. The second-order valence-electron chi connectivity index (χ2n) is 8.04. The molecular weight excluding hydrogens is 378 g/mol. The van der Waals surface area contributed by atoms with Crippen molar-refractivity contribution in [1.82, 2.24) is 10.6 Å². The van der Waals surface area contributed by atoms with E-state index < -0.39 is 0 Å². The molecule has 1 aliphatic rings. The summed E-state index contributed by atoms with van der Waals surface area (Å²) in [6.45, 7) is 3.26. The summed E-state index contributed by atoms with van der Waals surface area (Å²) in [5.41, 5.74) is 1.58. The molecule has 0 atom stereocenters. The minimum Gasteiger partial charge on any atom is -0.497 e. The van der Waals surface area contributed by atoms with Gasteiger partial charge >= 0.3 is 0 Å². The van der Waals surface area contributed by atoms with Gasteiger partial charge < -0.3 is 24.5 Å². The molecule has 2 N–H and O–H groups in total. The summed E-state index contributed by atoms with van der Waals surface area (Å²) in [6.07, 6.45) is 8.34. The molecule has 0 bridgehead atoms. The predicted molar refractivity (Wildman–Crippen MR) is 120 cm³/mol. The van der Waals surface area contributed by atoms with Crippen molar-refractivity contribution in [3.05, 3.63) is 54.0 Å². The van der Waals surface area contributed by atoms with Gasteiger partial charge in [0.2, 0.25) is 0 Å². The Hall–Kier alpha value is -2.47. The molecule has 0 saturated heterocycles. The van der Waals surface area contributed by atoms with Crippen molar-refractivity contribution in [2.75, 3.05) is 40.5 Å². The van der Waals surface area contributed by atoms with Crippen LogP contribution in [0.2, 0.25) is 0 Å². The second-order valence-corrected chi connectivity index (χ2v) is 8.04. The summed E-state index contributed by atoms with van der Waals surface area (Å²) in [5.74, 6) is 2.74. The molecule has 30 heavy (non-hydrogen) atoms. The fourth-order valence-electron chi connectivity index (χ4n) is 3.78. The number of rotatable bonds is 12. The van der Waals surface area contributed by atoms with Crippen molar-refractivity contribution < 1.29 is 13.9 Å². The molecule has 6 nitrogen and oxygen atoms in total. The lowest BCUT2D eigenvalue weighted by Gasteiger charge is -2.40. The third-order valence-electron chi connectivity index (χ3n) is 5.93. The number of guanidine groups is 1. The maximum Gasteiger partial charge on any atom is 0.191 e. The summed E-state index contributed by atoms with van der Waals surface area (Å²) >= 11 is 0. The van der Waals surface area contributed by atoms with Crippen molar-refractivity contribution in [2.45, 2.75) is 38.5 Å². The molecule has 0 unspecified atom stereocenters. The molecule has 6 heteroatoms. The van der Waals surface area contributed by atoms with Crippen molar-refractivity contribution in [3.63, 3.8) is 0 Å². The minimum absolute atomic E-state index is 0.307. The van der Waals surface area contributed by atoms with Crippen LogP contribution >= 0.6 is 0 Å². The van der Waals surface area contributed by atoms with Crippen LogP contribution in [0.25, 0.3) is 0 Å². The number of hydrogen-bond acceptors (Lipinski definition) is 4. The molecule has 3 rings (SSSR count). The topological polar surface area (TPSA) is 68.0 Å². The van der Waals surface area contributed by atoms with E-state index in [2.05, 4.69) is 22.8 Å². The molecule has 0 amide bonds. The van der Waals surface area contributed by atoms with Gasteiger partial charge in [0.05, 0.1) is 13.4 Å². The second kappa shape index (κ2) is 11.6. The third kappa shape index (κ3) is 6.80. The van der Waals surface area contributed by atoms with E-state index in [0.717, 1.165) is 63.0 Å². The number of hydrogen-bond donors (Lipinski definition) is 2. The Labute approximate surface area is 180 Å². The molecule has 1 aliphatic carbocycles. The molecule has 1 aromatic carbocycles. The zero-order chi connectivity index (χ0) is 21.1. The molecule has 2 aromatic rings. The van der Waals surface area contributed by atoms with Gasteiger partial charge in [-0.15, -0.1) is 0 Å². The highest BCUT2D eigenvalue weighted by Crippen LogP contribution is 2.44.